The lowest BCUT2D eigenvalue weighted by molar-refractivity contribution is 0.265. The van der Waals surface area contributed by atoms with Crippen molar-refractivity contribution in [1.29, 1.82) is 0 Å². The average molecular weight is 138 g/mol. The lowest BCUT2D eigenvalue weighted by atomic mass is 10.2. The van der Waals surface area contributed by atoms with E-state index in [-0.39, 0.29) is 0 Å². The van der Waals surface area contributed by atoms with Crippen LogP contribution in [-0.4, -0.2) is 17.0 Å². The van der Waals surface area contributed by atoms with Gasteiger partial charge >= 0.3 is 0 Å². The fourth-order valence-corrected chi connectivity index (χ4v) is 1.94. The molecule has 2 rings (SSSR count). The van der Waals surface area contributed by atoms with Gasteiger partial charge in [-0.2, -0.15) is 0 Å². The first-order valence-corrected chi connectivity index (χ1v) is 4.47. The summed E-state index contributed by atoms with van der Waals surface area (Å²) in [6.07, 6.45) is 8.48. The molecule has 10 heavy (non-hydrogen) atoms. The van der Waals surface area contributed by atoms with Crippen LogP contribution in [-0.2, 0) is 0 Å². The minimum absolute atomic E-state index is 0.840. The van der Waals surface area contributed by atoms with Crippen molar-refractivity contribution in [2.24, 2.45) is 0 Å². The lowest BCUT2D eigenvalue weighted by Gasteiger charge is -2.22. The molecule has 0 aromatic rings. The zero-order valence-corrected chi connectivity index (χ0v) is 6.55. The van der Waals surface area contributed by atoms with Crippen molar-refractivity contribution in [3.05, 3.63) is 7.05 Å². The van der Waals surface area contributed by atoms with Crippen LogP contribution in [0.5, 0.6) is 0 Å². The van der Waals surface area contributed by atoms with Crippen molar-refractivity contribution in [2.75, 3.05) is 0 Å². The van der Waals surface area contributed by atoms with Gasteiger partial charge in [-0.3, -0.25) is 4.90 Å². The Morgan fingerprint density at radius 3 is 1.90 bits per heavy atom. The number of rotatable bonds is 2. The molecule has 0 aromatic carbocycles. The molecule has 0 aromatic heterocycles. The molecule has 57 valence electrons. The summed E-state index contributed by atoms with van der Waals surface area (Å²) in [5.74, 6) is 0. The Hall–Kier alpha value is -0.0400. The summed E-state index contributed by atoms with van der Waals surface area (Å²) in [5.41, 5.74) is 0. The molecular weight excluding hydrogens is 122 g/mol. The fourth-order valence-electron chi connectivity index (χ4n) is 1.94. The molecule has 0 spiro atoms. The van der Waals surface area contributed by atoms with Gasteiger partial charge in [0.05, 0.1) is 0 Å². The third kappa shape index (κ3) is 1.20. The van der Waals surface area contributed by atoms with Crippen molar-refractivity contribution < 1.29 is 0 Å². The first-order valence-electron chi connectivity index (χ1n) is 4.47. The number of hydrogen-bond donors (Lipinski definition) is 0. The Morgan fingerprint density at radius 1 is 0.900 bits per heavy atom. The predicted octanol–water partition coefficient (Wildman–Crippen LogP) is 2.18. The molecule has 2 fully saturated rings. The van der Waals surface area contributed by atoms with E-state index >= 15 is 0 Å². The van der Waals surface area contributed by atoms with Crippen LogP contribution in [0.3, 0.4) is 0 Å². The largest absolute Gasteiger partial charge is 0.296 e. The highest BCUT2D eigenvalue weighted by Gasteiger charge is 2.32. The van der Waals surface area contributed by atoms with Crippen LogP contribution < -0.4 is 0 Å². The Bertz CT molecular complexity index is 112. The quantitative estimate of drug-likeness (QED) is 0.565. The van der Waals surface area contributed by atoms with E-state index in [1.54, 1.807) is 0 Å². The van der Waals surface area contributed by atoms with Crippen molar-refractivity contribution in [3.8, 4) is 0 Å². The highest BCUT2D eigenvalue weighted by atomic mass is 15.2. The molecule has 0 N–H and O–H groups in total. The smallest absolute Gasteiger partial charge is 0.0115 e. The molecule has 1 nitrogen and oxygen atoms in total. The molecule has 2 aliphatic carbocycles. The first kappa shape index (κ1) is 6.66. The molecule has 0 atom stereocenters. The summed E-state index contributed by atoms with van der Waals surface area (Å²) in [5, 5.41) is 0. The third-order valence-electron chi connectivity index (χ3n) is 2.81. The van der Waals surface area contributed by atoms with Crippen LogP contribution in [0, 0.1) is 7.05 Å². The van der Waals surface area contributed by atoms with Crippen molar-refractivity contribution in [1.82, 2.24) is 4.90 Å². The van der Waals surface area contributed by atoms with Gasteiger partial charge in [-0.15, -0.1) is 0 Å². The van der Waals surface area contributed by atoms with E-state index in [0.29, 0.717) is 0 Å². The first-order chi connectivity index (χ1) is 4.88. The average Bonchev–Trinajstić information content (AvgIpc) is 2.65. The second kappa shape index (κ2) is 2.54. The molecule has 0 heterocycles. The lowest BCUT2D eigenvalue weighted by Crippen LogP contribution is -2.28. The fraction of sp³-hybridized carbons (Fsp3) is 0.889. The maximum Gasteiger partial charge on any atom is 0.0115 e. The Labute approximate surface area is 63.4 Å². The van der Waals surface area contributed by atoms with Gasteiger partial charge in [-0.05, 0) is 25.7 Å². The van der Waals surface area contributed by atoms with Crippen LogP contribution in [0.15, 0.2) is 0 Å². The van der Waals surface area contributed by atoms with Crippen molar-refractivity contribution in [2.45, 2.75) is 50.6 Å². The predicted molar refractivity (Wildman–Crippen MR) is 42.5 cm³/mol. The van der Waals surface area contributed by atoms with Crippen LogP contribution in [0.2, 0.25) is 0 Å². The molecule has 0 unspecified atom stereocenters. The summed E-state index contributed by atoms with van der Waals surface area (Å²) in [7, 11) is 4.12. The molecular formula is C9H16N. The van der Waals surface area contributed by atoms with Crippen LogP contribution in [0.25, 0.3) is 0 Å². The highest BCUT2D eigenvalue weighted by molar-refractivity contribution is 4.89. The zero-order chi connectivity index (χ0) is 6.97. The molecule has 0 bridgehead atoms. The zero-order valence-electron chi connectivity index (χ0n) is 6.55. The van der Waals surface area contributed by atoms with E-state index in [4.69, 9.17) is 0 Å². The van der Waals surface area contributed by atoms with Gasteiger partial charge in [-0.1, -0.05) is 12.8 Å². The monoisotopic (exact) mass is 138 g/mol. The summed E-state index contributed by atoms with van der Waals surface area (Å²) >= 11 is 0. The van der Waals surface area contributed by atoms with Gasteiger partial charge in [0, 0.05) is 19.1 Å². The van der Waals surface area contributed by atoms with Gasteiger partial charge in [0.15, 0.2) is 0 Å². The Morgan fingerprint density at radius 2 is 1.40 bits per heavy atom. The van der Waals surface area contributed by atoms with E-state index in [0.717, 1.165) is 12.1 Å². The van der Waals surface area contributed by atoms with E-state index < -0.39 is 0 Å². The minimum atomic E-state index is 0.840. The summed E-state index contributed by atoms with van der Waals surface area (Å²) < 4.78 is 0. The maximum atomic E-state index is 4.12. The van der Waals surface area contributed by atoms with E-state index in [1.165, 1.54) is 38.5 Å². The van der Waals surface area contributed by atoms with Crippen molar-refractivity contribution in [3.63, 3.8) is 0 Å². The Kier molecular flexibility index (Phi) is 1.69. The van der Waals surface area contributed by atoms with Gasteiger partial charge in [0.1, 0.15) is 0 Å². The topological polar surface area (TPSA) is 3.24 Å². The third-order valence-corrected chi connectivity index (χ3v) is 2.81. The highest BCUT2D eigenvalue weighted by Crippen LogP contribution is 2.33. The summed E-state index contributed by atoms with van der Waals surface area (Å²) in [6, 6.07) is 1.70. The second-order valence-electron chi connectivity index (χ2n) is 3.68. The molecule has 2 saturated carbocycles. The molecule has 0 amide bonds. The van der Waals surface area contributed by atoms with E-state index in [2.05, 4.69) is 11.9 Å². The second-order valence-corrected chi connectivity index (χ2v) is 3.68. The van der Waals surface area contributed by atoms with Crippen LogP contribution in [0.1, 0.15) is 38.5 Å². The van der Waals surface area contributed by atoms with Gasteiger partial charge in [-0.25, -0.2) is 0 Å². The normalized spacial score (nSPS) is 28.2. The van der Waals surface area contributed by atoms with Gasteiger partial charge in [0.25, 0.3) is 0 Å². The SMILES string of the molecule is [CH2]N(C1CCCC1)C1CC1. The Balaban J connectivity index is 1.84. The number of nitrogens with zero attached hydrogens (tertiary/aromatic N) is 1. The molecule has 1 heteroatoms. The standard InChI is InChI=1S/C9H16N/c1-10(9-6-7-9)8-4-2-3-5-8/h8-9H,1-7H2. The van der Waals surface area contributed by atoms with E-state index in [1.807, 2.05) is 0 Å². The summed E-state index contributed by atoms with van der Waals surface area (Å²) in [6.45, 7) is 0. The van der Waals surface area contributed by atoms with Gasteiger partial charge < -0.3 is 0 Å². The minimum Gasteiger partial charge on any atom is -0.296 e. The molecule has 2 aliphatic rings. The molecule has 1 radical (unpaired) electrons. The van der Waals surface area contributed by atoms with E-state index in [9.17, 15) is 0 Å². The maximum absolute atomic E-state index is 4.12. The van der Waals surface area contributed by atoms with Crippen molar-refractivity contribution >= 4 is 0 Å². The molecule has 0 aliphatic heterocycles. The van der Waals surface area contributed by atoms with Gasteiger partial charge in [0.2, 0.25) is 0 Å². The van der Waals surface area contributed by atoms with Crippen LogP contribution >= 0.6 is 0 Å². The van der Waals surface area contributed by atoms with Crippen LogP contribution in [0.4, 0.5) is 0 Å². The summed E-state index contributed by atoms with van der Waals surface area (Å²) in [4.78, 5) is 2.37. The molecule has 0 saturated heterocycles. The number of hydrogen-bond acceptors (Lipinski definition) is 1.